The highest BCUT2D eigenvalue weighted by Gasteiger charge is 2.63. The van der Waals surface area contributed by atoms with Crippen molar-refractivity contribution >= 4 is 46.4 Å². The van der Waals surface area contributed by atoms with E-state index >= 15 is 4.39 Å². The first-order valence-electron chi connectivity index (χ1n) is 12.9. The summed E-state index contributed by atoms with van der Waals surface area (Å²) in [6.45, 7) is 3.76. The van der Waals surface area contributed by atoms with E-state index in [0.29, 0.717) is 5.56 Å². The maximum atomic E-state index is 16.4. The van der Waals surface area contributed by atoms with Crippen molar-refractivity contribution in [3.05, 3.63) is 53.3 Å². The predicted octanol–water partition coefficient (Wildman–Crippen LogP) is 2.56. The molecule has 5 amide bonds. The number of barbiturate groups is 1. The van der Waals surface area contributed by atoms with Crippen LogP contribution in [0.1, 0.15) is 31.0 Å². The Morgan fingerprint density at radius 1 is 1.07 bits per heavy atom. The first kappa shape index (κ1) is 24.5. The van der Waals surface area contributed by atoms with E-state index in [0.717, 1.165) is 5.56 Å². The standard InChI is InChI=1S/C27H24FN5O7/c1-12-10-32-19-15(9-27(21(32)13(2)39-12)23(34)29-25(36)30-24(27)35)8-16-20(18(19)28)40-31-22(16)33-17(11-38-26(33)37)14-6-4-3-5-7-14/h3-8,12-13,17,21H,9-11H2,1-2H3,(H2,29,30,34,35,36)/t12-,13+,17+,21-/m1/s1. The Bertz CT molecular complexity index is 1590. The lowest BCUT2D eigenvalue weighted by atomic mass is 9.66. The van der Waals surface area contributed by atoms with Gasteiger partial charge in [-0.15, -0.1) is 0 Å². The fourth-order valence-corrected chi connectivity index (χ4v) is 6.69. The van der Waals surface area contributed by atoms with E-state index in [-0.39, 0.29) is 48.2 Å². The van der Waals surface area contributed by atoms with Gasteiger partial charge in [-0.05, 0) is 31.0 Å². The largest absolute Gasteiger partial charge is 0.447 e. The quantitative estimate of drug-likeness (QED) is 0.461. The summed E-state index contributed by atoms with van der Waals surface area (Å²) >= 11 is 0. The minimum atomic E-state index is -1.78. The number of urea groups is 1. The van der Waals surface area contributed by atoms with Crippen LogP contribution in [0.3, 0.4) is 0 Å². The number of ether oxygens (including phenoxy) is 2. The molecule has 1 spiro atoms. The van der Waals surface area contributed by atoms with E-state index in [1.165, 1.54) is 4.90 Å². The van der Waals surface area contributed by atoms with Crippen molar-refractivity contribution in [3.63, 3.8) is 0 Å². The van der Waals surface area contributed by atoms with Gasteiger partial charge in [-0.25, -0.2) is 18.9 Å². The van der Waals surface area contributed by atoms with Gasteiger partial charge in [-0.2, -0.15) is 0 Å². The Morgan fingerprint density at radius 2 is 1.80 bits per heavy atom. The summed E-state index contributed by atoms with van der Waals surface area (Å²) in [5.41, 5.74) is -0.669. The molecule has 2 N–H and O–H groups in total. The number of aromatic nitrogens is 1. The molecule has 40 heavy (non-hydrogen) atoms. The lowest BCUT2D eigenvalue weighted by molar-refractivity contribution is -0.153. The molecule has 4 aliphatic heterocycles. The normalized spacial score (nSPS) is 27.4. The van der Waals surface area contributed by atoms with Crippen LogP contribution in [0.25, 0.3) is 11.0 Å². The number of halogens is 1. The molecule has 2 aromatic carbocycles. The van der Waals surface area contributed by atoms with E-state index in [1.54, 1.807) is 17.9 Å². The molecule has 12 nitrogen and oxygen atoms in total. The SMILES string of the molecule is C[C@@H]1CN2c3c(cc4c(N5C(=O)OC[C@H]5c5ccccc5)noc4c3F)CC3(C(=O)NC(=O)NC3=O)[C@H]2[C@H](C)O1. The van der Waals surface area contributed by atoms with E-state index in [2.05, 4.69) is 15.8 Å². The van der Waals surface area contributed by atoms with E-state index in [1.807, 2.05) is 37.3 Å². The summed E-state index contributed by atoms with van der Waals surface area (Å²) < 4.78 is 33.2. The number of nitrogens with zero attached hydrogens (tertiary/aromatic N) is 3. The Balaban J connectivity index is 1.42. The first-order valence-corrected chi connectivity index (χ1v) is 12.9. The molecule has 7 rings (SSSR count). The number of anilines is 2. The number of hydrogen-bond acceptors (Lipinski definition) is 9. The summed E-state index contributed by atoms with van der Waals surface area (Å²) in [7, 11) is 0. The maximum absolute atomic E-state index is 16.4. The number of imide groups is 2. The Hall–Kier alpha value is -4.52. The monoisotopic (exact) mass is 549 g/mol. The number of cyclic esters (lactones) is 1. The van der Waals surface area contributed by atoms with E-state index < -0.39 is 53.4 Å². The van der Waals surface area contributed by atoms with Crippen LogP contribution in [0.4, 0.5) is 25.5 Å². The van der Waals surface area contributed by atoms with Crippen molar-refractivity contribution in [2.45, 2.75) is 44.6 Å². The molecule has 4 atom stereocenters. The Labute approximate surface area is 226 Å². The zero-order chi connectivity index (χ0) is 27.9. The summed E-state index contributed by atoms with van der Waals surface area (Å²) in [6.07, 6.45) is -1.90. The first-order chi connectivity index (χ1) is 19.2. The van der Waals surface area contributed by atoms with Gasteiger partial charge in [0.05, 0.1) is 29.3 Å². The van der Waals surface area contributed by atoms with Crippen molar-refractivity contribution < 1.29 is 37.6 Å². The number of benzene rings is 2. The van der Waals surface area contributed by atoms with Crippen molar-refractivity contribution in [1.82, 2.24) is 15.8 Å². The molecule has 0 saturated carbocycles. The smallest absolute Gasteiger partial charge is 0.416 e. The fraction of sp³-hybridized carbons (Fsp3) is 0.370. The zero-order valence-electron chi connectivity index (χ0n) is 21.5. The van der Waals surface area contributed by atoms with Gasteiger partial charge in [0.15, 0.2) is 17.1 Å². The molecule has 1 aromatic heterocycles. The Morgan fingerprint density at radius 3 is 2.52 bits per heavy atom. The molecule has 13 heteroatoms. The van der Waals surface area contributed by atoms with Gasteiger partial charge in [0.1, 0.15) is 12.6 Å². The van der Waals surface area contributed by atoms with Crippen LogP contribution in [0, 0.1) is 11.2 Å². The molecule has 0 radical (unpaired) electrons. The van der Waals surface area contributed by atoms with Crippen molar-refractivity contribution in [3.8, 4) is 0 Å². The Kier molecular flexibility index (Phi) is 5.20. The third-order valence-corrected chi connectivity index (χ3v) is 8.23. The number of carbonyl (C=O) groups is 4. The maximum Gasteiger partial charge on any atom is 0.416 e. The highest BCUT2D eigenvalue weighted by atomic mass is 19.1. The van der Waals surface area contributed by atoms with E-state index in [9.17, 15) is 19.2 Å². The average molecular weight is 550 g/mol. The summed E-state index contributed by atoms with van der Waals surface area (Å²) in [5, 5.41) is 8.69. The molecular weight excluding hydrogens is 525 g/mol. The van der Waals surface area contributed by atoms with Gasteiger partial charge in [-0.1, -0.05) is 35.5 Å². The highest BCUT2D eigenvalue weighted by molar-refractivity contribution is 6.20. The second kappa shape index (κ2) is 8.49. The van der Waals surface area contributed by atoms with Gasteiger partial charge >= 0.3 is 12.1 Å². The molecule has 0 bridgehead atoms. The summed E-state index contributed by atoms with van der Waals surface area (Å²) in [6, 6.07) is 8.43. The lowest BCUT2D eigenvalue weighted by Gasteiger charge is -2.55. The molecule has 5 heterocycles. The van der Waals surface area contributed by atoms with Crippen LogP contribution < -0.4 is 20.4 Å². The summed E-state index contributed by atoms with van der Waals surface area (Å²) in [4.78, 5) is 54.7. The van der Waals surface area contributed by atoms with Crippen LogP contribution in [0.5, 0.6) is 0 Å². The van der Waals surface area contributed by atoms with Gasteiger partial charge in [-0.3, -0.25) is 20.2 Å². The van der Waals surface area contributed by atoms with Crippen molar-refractivity contribution in [2.75, 3.05) is 23.0 Å². The van der Waals surface area contributed by atoms with Crippen LogP contribution >= 0.6 is 0 Å². The molecule has 0 unspecified atom stereocenters. The highest BCUT2D eigenvalue weighted by Crippen LogP contribution is 2.50. The molecule has 3 saturated heterocycles. The predicted molar refractivity (Wildman–Crippen MR) is 136 cm³/mol. The minimum Gasteiger partial charge on any atom is -0.447 e. The third-order valence-electron chi connectivity index (χ3n) is 8.23. The number of fused-ring (bicyclic) bond motifs is 5. The lowest BCUT2D eigenvalue weighted by Crippen LogP contribution is -2.75. The minimum absolute atomic E-state index is 0.0562. The second-order valence-electron chi connectivity index (χ2n) is 10.6. The average Bonchev–Trinajstić information content (AvgIpc) is 3.50. The van der Waals surface area contributed by atoms with Gasteiger partial charge in [0.2, 0.25) is 17.4 Å². The molecule has 206 valence electrons. The molecule has 0 aliphatic carbocycles. The number of carbonyl (C=O) groups excluding carboxylic acids is 4. The molecule has 3 aromatic rings. The fourth-order valence-electron chi connectivity index (χ4n) is 6.69. The van der Waals surface area contributed by atoms with Crippen molar-refractivity contribution in [1.29, 1.82) is 0 Å². The number of amides is 5. The van der Waals surface area contributed by atoms with E-state index in [4.69, 9.17) is 14.0 Å². The third kappa shape index (κ3) is 3.24. The van der Waals surface area contributed by atoms with Crippen LogP contribution in [0.15, 0.2) is 40.9 Å². The molecule has 3 fully saturated rings. The van der Waals surface area contributed by atoms with Gasteiger partial charge in [0, 0.05) is 13.0 Å². The topological polar surface area (TPSA) is 143 Å². The van der Waals surface area contributed by atoms with Crippen molar-refractivity contribution in [2.24, 2.45) is 5.41 Å². The second-order valence-corrected chi connectivity index (χ2v) is 10.6. The molecular formula is C27H24FN5O7. The van der Waals surface area contributed by atoms with Crippen LogP contribution in [0.2, 0.25) is 0 Å². The summed E-state index contributed by atoms with van der Waals surface area (Å²) in [5.74, 6) is -2.25. The van der Waals surface area contributed by atoms with Gasteiger partial charge < -0.3 is 18.9 Å². The zero-order valence-corrected chi connectivity index (χ0v) is 21.5. The number of morpholine rings is 1. The number of hydrogen-bond donors (Lipinski definition) is 2. The molecule has 4 aliphatic rings. The van der Waals surface area contributed by atoms with Gasteiger partial charge in [0.25, 0.3) is 0 Å². The van der Waals surface area contributed by atoms with Crippen LogP contribution in [-0.4, -0.2) is 60.5 Å². The number of nitrogens with one attached hydrogen (secondary N) is 2. The van der Waals surface area contributed by atoms with Crippen LogP contribution in [-0.2, 0) is 25.5 Å². The number of rotatable bonds is 2.